The normalized spacial score (nSPS) is 13.4. The molecular weight excluding hydrogens is 240 g/mol. The van der Waals surface area contributed by atoms with Gasteiger partial charge in [0.05, 0.1) is 12.0 Å². The fourth-order valence-corrected chi connectivity index (χ4v) is 2.91. The van der Waals surface area contributed by atoms with Crippen molar-refractivity contribution in [2.75, 3.05) is 13.7 Å². The third-order valence-corrected chi connectivity index (χ3v) is 4.13. The fourth-order valence-electron chi connectivity index (χ4n) is 1.43. The van der Waals surface area contributed by atoms with Crippen molar-refractivity contribution < 1.29 is 13.2 Å². The lowest BCUT2D eigenvalue weighted by Gasteiger charge is -2.14. The Morgan fingerprint density at radius 2 is 2.12 bits per heavy atom. The molecule has 0 bridgehead atoms. The highest BCUT2D eigenvalue weighted by Gasteiger charge is 2.19. The molecule has 0 heterocycles. The Labute approximate surface area is 102 Å². The summed E-state index contributed by atoms with van der Waals surface area (Å²) in [5.41, 5.74) is 6.03. The van der Waals surface area contributed by atoms with Gasteiger partial charge in [0.2, 0.25) is 10.0 Å². The van der Waals surface area contributed by atoms with Crippen LogP contribution < -0.4 is 15.2 Å². The summed E-state index contributed by atoms with van der Waals surface area (Å²) in [7, 11) is -1.97. The van der Waals surface area contributed by atoms with Gasteiger partial charge in [0.15, 0.2) is 0 Å². The molecule has 0 amide bonds. The minimum Gasteiger partial charge on any atom is -0.497 e. The highest BCUT2D eigenvalue weighted by atomic mass is 32.2. The fraction of sp³-hybridized carbons (Fsp3) is 0.455. The molecule has 17 heavy (non-hydrogen) atoms. The molecule has 0 aliphatic heterocycles. The zero-order valence-electron chi connectivity index (χ0n) is 10.2. The SMILES string of the molecule is COc1ccc(S(=O)(=O)N[C@@H](C)CN)c(C)c1. The van der Waals surface area contributed by atoms with Crippen LogP contribution in [0.5, 0.6) is 5.75 Å². The van der Waals surface area contributed by atoms with Crippen LogP contribution >= 0.6 is 0 Å². The van der Waals surface area contributed by atoms with Crippen LogP contribution in [0.3, 0.4) is 0 Å². The van der Waals surface area contributed by atoms with Crippen molar-refractivity contribution in [3.8, 4) is 5.75 Å². The molecule has 0 aliphatic rings. The van der Waals surface area contributed by atoms with E-state index >= 15 is 0 Å². The molecule has 1 rings (SSSR count). The highest BCUT2D eigenvalue weighted by molar-refractivity contribution is 7.89. The molecule has 6 heteroatoms. The molecule has 0 saturated heterocycles. The molecule has 0 aromatic heterocycles. The predicted octanol–water partition coefficient (Wildman–Crippen LogP) is 0.629. The smallest absolute Gasteiger partial charge is 0.241 e. The summed E-state index contributed by atoms with van der Waals surface area (Å²) in [5.74, 6) is 0.633. The zero-order valence-corrected chi connectivity index (χ0v) is 11.0. The number of nitrogens with two attached hydrogens (primary N) is 1. The average Bonchev–Trinajstić information content (AvgIpc) is 2.27. The second kappa shape index (κ2) is 5.48. The predicted molar refractivity (Wildman–Crippen MR) is 66.6 cm³/mol. The zero-order chi connectivity index (χ0) is 13.1. The van der Waals surface area contributed by atoms with Crippen molar-refractivity contribution in [1.29, 1.82) is 0 Å². The summed E-state index contributed by atoms with van der Waals surface area (Å²) < 4.78 is 31.6. The standard InChI is InChI=1S/C11H18N2O3S/c1-8-6-10(16-3)4-5-11(8)17(14,15)13-9(2)7-12/h4-6,9,13H,7,12H2,1-3H3/t9-/m0/s1. The van der Waals surface area contributed by atoms with Gasteiger partial charge in [-0.1, -0.05) is 0 Å². The van der Waals surface area contributed by atoms with Gasteiger partial charge >= 0.3 is 0 Å². The molecule has 96 valence electrons. The number of rotatable bonds is 5. The molecule has 5 nitrogen and oxygen atoms in total. The first-order chi connectivity index (χ1) is 7.90. The first kappa shape index (κ1) is 14.0. The lowest BCUT2D eigenvalue weighted by atomic mass is 10.2. The number of methoxy groups -OCH3 is 1. The number of nitrogens with one attached hydrogen (secondary N) is 1. The van der Waals surface area contributed by atoms with Gasteiger partial charge in [-0.2, -0.15) is 0 Å². The number of hydrogen-bond donors (Lipinski definition) is 2. The molecule has 0 unspecified atom stereocenters. The Kier molecular flexibility index (Phi) is 4.50. The van der Waals surface area contributed by atoms with E-state index in [0.717, 1.165) is 0 Å². The summed E-state index contributed by atoms with van der Waals surface area (Å²) in [5, 5.41) is 0. The van der Waals surface area contributed by atoms with Gasteiger partial charge in [-0.15, -0.1) is 0 Å². The maximum atomic E-state index is 12.0. The average molecular weight is 258 g/mol. The van der Waals surface area contributed by atoms with E-state index in [1.807, 2.05) is 0 Å². The number of benzene rings is 1. The van der Waals surface area contributed by atoms with E-state index in [9.17, 15) is 8.42 Å². The Morgan fingerprint density at radius 3 is 2.59 bits per heavy atom. The quantitative estimate of drug-likeness (QED) is 0.811. The van der Waals surface area contributed by atoms with Crippen molar-refractivity contribution in [3.63, 3.8) is 0 Å². The van der Waals surface area contributed by atoms with E-state index in [0.29, 0.717) is 11.3 Å². The molecule has 0 radical (unpaired) electrons. The molecule has 3 N–H and O–H groups in total. The van der Waals surface area contributed by atoms with Crippen LogP contribution in [0.2, 0.25) is 0 Å². The second-order valence-corrected chi connectivity index (χ2v) is 5.57. The van der Waals surface area contributed by atoms with E-state index in [1.165, 1.54) is 13.2 Å². The Bertz CT molecular complexity index is 485. The summed E-state index contributed by atoms with van der Waals surface area (Å²) in [6.07, 6.45) is 0. The lowest BCUT2D eigenvalue weighted by Crippen LogP contribution is -2.38. The van der Waals surface area contributed by atoms with Crippen molar-refractivity contribution in [3.05, 3.63) is 23.8 Å². The maximum absolute atomic E-state index is 12.0. The minimum absolute atomic E-state index is 0.249. The highest BCUT2D eigenvalue weighted by Crippen LogP contribution is 2.20. The van der Waals surface area contributed by atoms with Crippen molar-refractivity contribution in [2.24, 2.45) is 5.73 Å². The first-order valence-electron chi connectivity index (χ1n) is 5.27. The van der Waals surface area contributed by atoms with Crippen LogP contribution in [0, 0.1) is 6.92 Å². The van der Waals surface area contributed by atoms with E-state index in [2.05, 4.69) is 4.72 Å². The van der Waals surface area contributed by atoms with Gasteiger partial charge in [-0.25, -0.2) is 13.1 Å². The van der Waals surface area contributed by atoms with Crippen molar-refractivity contribution in [1.82, 2.24) is 4.72 Å². The van der Waals surface area contributed by atoms with Crippen LogP contribution in [0.25, 0.3) is 0 Å². The van der Waals surface area contributed by atoms with E-state index < -0.39 is 10.0 Å². The van der Waals surface area contributed by atoms with Crippen molar-refractivity contribution >= 4 is 10.0 Å². The van der Waals surface area contributed by atoms with Gasteiger partial charge in [0.1, 0.15) is 5.75 Å². The summed E-state index contributed by atoms with van der Waals surface area (Å²) in [6, 6.07) is 4.54. The monoisotopic (exact) mass is 258 g/mol. The summed E-state index contributed by atoms with van der Waals surface area (Å²) >= 11 is 0. The van der Waals surface area contributed by atoms with Gasteiger partial charge in [-0.05, 0) is 37.6 Å². The van der Waals surface area contributed by atoms with Crippen LogP contribution in [-0.4, -0.2) is 28.1 Å². The lowest BCUT2D eigenvalue weighted by molar-refractivity contribution is 0.414. The van der Waals surface area contributed by atoms with E-state index in [-0.39, 0.29) is 17.5 Å². The van der Waals surface area contributed by atoms with E-state index in [1.54, 1.807) is 26.0 Å². The van der Waals surface area contributed by atoms with Gasteiger partial charge < -0.3 is 10.5 Å². The number of aryl methyl sites for hydroxylation is 1. The summed E-state index contributed by atoms with van der Waals surface area (Å²) in [4.78, 5) is 0.249. The number of ether oxygens (including phenoxy) is 1. The minimum atomic E-state index is -3.51. The van der Waals surface area contributed by atoms with Crippen LogP contribution in [0.4, 0.5) is 0 Å². The Balaban J connectivity index is 3.07. The van der Waals surface area contributed by atoms with Crippen LogP contribution in [0.1, 0.15) is 12.5 Å². The topological polar surface area (TPSA) is 81.4 Å². The Morgan fingerprint density at radius 1 is 1.47 bits per heavy atom. The van der Waals surface area contributed by atoms with Crippen molar-refractivity contribution in [2.45, 2.75) is 24.8 Å². The molecule has 0 saturated carbocycles. The van der Waals surface area contributed by atoms with Gasteiger partial charge in [0, 0.05) is 12.6 Å². The third kappa shape index (κ3) is 3.42. The maximum Gasteiger partial charge on any atom is 0.241 e. The van der Waals surface area contributed by atoms with Gasteiger partial charge in [0.25, 0.3) is 0 Å². The summed E-state index contributed by atoms with van der Waals surface area (Å²) in [6.45, 7) is 3.70. The number of sulfonamides is 1. The van der Waals surface area contributed by atoms with E-state index in [4.69, 9.17) is 10.5 Å². The van der Waals surface area contributed by atoms with Crippen LogP contribution in [-0.2, 0) is 10.0 Å². The molecule has 0 fully saturated rings. The molecule has 1 aromatic rings. The third-order valence-electron chi connectivity index (χ3n) is 2.38. The largest absolute Gasteiger partial charge is 0.497 e. The Hall–Kier alpha value is -1.11. The first-order valence-corrected chi connectivity index (χ1v) is 6.76. The molecular formula is C11H18N2O3S. The van der Waals surface area contributed by atoms with Gasteiger partial charge in [-0.3, -0.25) is 0 Å². The molecule has 1 aromatic carbocycles. The second-order valence-electron chi connectivity index (χ2n) is 3.89. The van der Waals surface area contributed by atoms with Crippen LogP contribution in [0.15, 0.2) is 23.1 Å². The molecule has 1 atom stereocenters. The number of hydrogen-bond acceptors (Lipinski definition) is 4. The molecule has 0 spiro atoms. The molecule has 0 aliphatic carbocycles.